The Morgan fingerprint density at radius 1 is 0.966 bits per heavy atom. The Hall–Kier alpha value is -2.10. The predicted octanol–water partition coefficient (Wildman–Crippen LogP) is 6.47. The smallest absolute Gasteiger partial charge is 0.232 e. The molecule has 1 amide bonds. The number of hydrogen-bond acceptors (Lipinski definition) is 2. The van der Waals surface area contributed by atoms with Gasteiger partial charge in [-0.1, -0.05) is 61.3 Å². The Labute approximate surface area is 181 Å². The molecule has 3 nitrogen and oxygen atoms in total. The Balaban J connectivity index is 1.96. The number of rotatable bonds is 2. The lowest BCUT2D eigenvalue weighted by atomic mass is 9.69. The van der Waals surface area contributed by atoms with Gasteiger partial charge in [-0.2, -0.15) is 0 Å². The van der Waals surface area contributed by atoms with E-state index in [4.69, 9.17) is 23.2 Å². The number of allylic oxidation sites excluding steroid dienone is 2. The lowest BCUT2D eigenvalue weighted by Crippen LogP contribution is -2.44. The number of carbonyl (C=O) groups is 2. The first-order chi connectivity index (χ1) is 13.7. The van der Waals surface area contributed by atoms with Crippen LogP contribution in [-0.4, -0.2) is 11.7 Å². The molecular formula is C24H23Cl2NO2. The van der Waals surface area contributed by atoms with Gasteiger partial charge in [-0.05, 0) is 48.1 Å². The summed E-state index contributed by atoms with van der Waals surface area (Å²) in [5.74, 6) is -0.256. The van der Waals surface area contributed by atoms with E-state index in [1.54, 1.807) is 4.90 Å². The van der Waals surface area contributed by atoms with Crippen molar-refractivity contribution in [3.63, 3.8) is 0 Å². The SMILES string of the molecule is Cc1c(Cl)cccc1N1C(=O)CC(c2ccccc2Cl)C2=C1CC(C)(C)CC2=O. The van der Waals surface area contributed by atoms with Gasteiger partial charge in [0, 0.05) is 40.1 Å². The fraction of sp³-hybridized carbons (Fsp3) is 0.333. The number of anilines is 1. The highest BCUT2D eigenvalue weighted by Crippen LogP contribution is 2.49. The maximum absolute atomic E-state index is 13.4. The average molecular weight is 428 g/mol. The van der Waals surface area contributed by atoms with Crippen LogP contribution in [0.15, 0.2) is 53.7 Å². The molecule has 0 saturated carbocycles. The van der Waals surface area contributed by atoms with E-state index in [-0.39, 0.29) is 29.4 Å². The van der Waals surface area contributed by atoms with Crippen molar-refractivity contribution in [2.24, 2.45) is 5.41 Å². The normalized spacial score (nSPS) is 21.4. The number of benzene rings is 2. The van der Waals surface area contributed by atoms with E-state index in [1.807, 2.05) is 49.4 Å². The summed E-state index contributed by atoms with van der Waals surface area (Å²) in [5.41, 5.74) is 3.71. The van der Waals surface area contributed by atoms with Crippen molar-refractivity contribution in [1.82, 2.24) is 0 Å². The third-order valence-electron chi connectivity index (χ3n) is 5.90. The number of nitrogens with zero attached hydrogens (tertiary/aromatic N) is 1. The molecule has 1 aliphatic heterocycles. The number of ketones is 1. The first-order valence-electron chi connectivity index (χ1n) is 9.78. The van der Waals surface area contributed by atoms with Gasteiger partial charge in [0.25, 0.3) is 0 Å². The van der Waals surface area contributed by atoms with E-state index in [2.05, 4.69) is 13.8 Å². The van der Waals surface area contributed by atoms with Gasteiger partial charge in [0.2, 0.25) is 5.91 Å². The topological polar surface area (TPSA) is 37.4 Å². The van der Waals surface area contributed by atoms with Gasteiger partial charge in [-0.3, -0.25) is 14.5 Å². The van der Waals surface area contributed by atoms with Crippen LogP contribution in [-0.2, 0) is 9.59 Å². The molecular weight excluding hydrogens is 405 g/mol. The second kappa shape index (κ2) is 7.30. The molecule has 1 atom stereocenters. The van der Waals surface area contributed by atoms with Crippen molar-refractivity contribution in [3.8, 4) is 0 Å². The van der Waals surface area contributed by atoms with Gasteiger partial charge < -0.3 is 0 Å². The summed E-state index contributed by atoms with van der Waals surface area (Å²) >= 11 is 12.8. The van der Waals surface area contributed by atoms with Crippen LogP contribution in [0.25, 0.3) is 0 Å². The summed E-state index contributed by atoms with van der Waals surface area (Å²) in [7, 11) is 0. The number of carbonyl (C=O) groups excluding carboxylic acids is 2. The van der Waals surface area contributed by atoms with E-state index in [9.17, 15) is 9.59 Å². The molecule has 2 aromatic carbocycles. The molecule has 29 heavy (non-hydrogen) atoms. The van der Waals surface area contributed by atoms with Gasteiger partial charge in [0.15, 0.2) is 5.78 Å². The van der Waals surface area contributed by atoms with Crippen LogP contribution in [0.2, 0.25) is 10.0 Å². The van der Waals surface area contributed by atoms with Crippen LogP contribution in [0.5, 0.6) is 0 Å². The van der Waals surface area contributed by atoms with Crippen LogP contribution >= 0.6 is 23.2 Å². The standard InChI is InChI=1S/C24H23Cl2NO2/c1-14-17(25)9-6-10-19(14)27-20-12-24(2,3)13-21(28)23(20)16(11-22(27)29)15-7-4-5-8-18(15)26/h4-10,16H,11-13H2,1-3H3. The first-order valence-corrected chi connectivity index (χ1v) is 10.5. The molecule has 0 spiro atoms. The van der Waals surface area contributed by atoms with Crippen LogP contribution in [0.1, 0.15) is 50.2 Å². The molecule has 150 valence electrons. The van der Waals surface area contributed by atoms with E-state index in [0.29, 0.717) is 22.9 Å². The fourth-order valence-electron chi connectivity index (χ4n) is 4.56. The van der Waals surface area contributed by atoms with Crippen LogP contribution in [0.4, 0.5) is 5.69 Å². The zero-order valence-electron chi connectivity index (χ0n) is 16.8. The van der Waals surface area contributed by atoms with E-state index >= 15 is 0 Å². The highest BCUT2D eigenvalue weighted by Gasteiger charge is 2.45. The Morgan fingerprint density at radius 2 is 1.66 bits per heavy atom. The zero-order chi connectivity index (χ0) is 20.9. The lowest BCUT2D eigenvalue weighted by molar-refractivity contribution is -0.121. The molecule has 5 heteroatoms. The third kappa shape index (κ3) is 3.51. The van der Waals surface area contributed by atoms with E-state index in [0.717, 1.165) is 28.1 Å². The second-order valence-corrected chi connectivity index (χ2v) is 9.51. The van der Waals surface area contributed by atoms with Crippen LogP contribution < -0.4 is 4.90 Å². The molecule has 0 fully saturated rings. The molecule has 0 radical (unpaired) electrons. The van der Waals surface area contributed by atoms with Crippen molar-refractivity contribution < 1.29 is 9.59 Å². The Kier molecular flexibility index (Phi) is 5.08. The first kappa shape index (κ1) is 20.2. The quantitative estimate of drug-likeness (QED) is 0.550. The molecule has 2 aliphatic rings. The van der Waals surface area contributed by atoms with Gasteiger partial charge in [0.1, 0.15) is 0 Å². The maximum atomic E-state index is 13.4. The minimum Gasteiger partial charge on any atom is -0.294 e. The summed E-state index contributed by atoms with van der Waals surface area (Å²) in [6.07, 6.45) is 1.32. The summed E-state index contributed by atoms with van der Waals surface area (Å²) < 4.78 is 0. The van der Waals surface area contributed by atoms with E-state index in [1.165, 1.54) is 0 Å². The van der Waals surface area contributed by atoms with Crippen molar-refractivity contribution in [2.75, 3.05) is 4.90 Å². The minimum atomic E-state index is -0.314. The Bertz CT molecular complexity index is 1050. The van der Waals surface area contributed by atoms with Gasteiger partial charge >= 0.3 is 0 Å². The molecule has 4 rings (SSSR count). The van der Waals surface area contributed by atoms with Crippen LogP contribution in [0.3, 0.4) is 0 Å². The average Bonchev–Trinajstić information content (AvgIpc) is 2.63. The number of amides is 1. The lowest BCUT2D eigenvalue weighted by Gasteiger charge is -2.43. The molecule has 1 unspecified atom stereocenters. The molecule has 2 aromatic rings. The van der Waals surface area contributed by atoms with E-state index < -0.39 is 0 Å². The third-order valence-corrected chi connectivity index (χ3v) is 6.66. The molecule has 1 heterocycles. The summed E-state index contributed by atoms with van der Waals surface area (Å²) in [4.78, 5) is 28.5. The van der Waals surface area contributed by atoms with Gasteiger partial charge in [-0.25, -0.2) is 0 Å². The molecule has 0 N–H and O–H groups in total. The second-order valence-electron chi connectivity index (χ2n) is 8.69. The van der Waals surface area contributed by atoms with Crippen molar-refractivity contribution in [3.05, 3.63) is 74.9 Å². The highest BCUT2D eigenvalue weighted by molar-refractivity contribution is 6.32. The molecule has 0 aromatic heterocycles. The number of hydrogen-bond donors (Lipinski definition) is 0. The molecule has 0 saturated heterocycles. The largest absolute Gasteiger partial charge is 0.294 e. The van der Waals surface area contributed by atoms with Crippen molar-refractivity contribution in [1.29, 1.82) is 0 Å². The van der Waals surface area contributed by atoms with Crippen LogP contribution in [0, 0.1) is 12.3 Å². The predicted molar refractivity (Wildman–Crippen MR) is 118 cm³/mol. The number of halogens is 2. The maximum Gasteiger partial charge on any atom is 0.232 e. The Morgan fingerprint density at radius 3 is 2.38 bits per heavy atom. The molecule has 1 aliphatic carbocycles. The molecule has 0 bridgehead atoms. The zero-order valence-corrected chi connectivity index (χ0v) is 18.3. The minimum absolute atomic E-state index is 0.0375. The summed E-state index contributed by atoms with van der Waals surface area (Å²) in [5, 5.41) is 1.19. The number of Topliss-reactive ketones (excluding diaryl/α,β-unsaturated/α-hetero) is 1. The summed E-state index contributed by atoms with van der Waals surface area (Å²) in [6, 6.07) is 13.0. The summed E-state index contributed by atoms with van der Waals surface area (Å²) in [6.45, 7) is 6.05. The van der Waals surface area contributed by atoms with Gasteiger partial charge in [-0.15, -0.1) is 0 Å². The fourth-order valence-corrected chi connectivity index (χ4v) is 4.99. The van der Waals surface area contributed by atoms with Gasteiger partial charge in [0.05, 0.1) is 5.69 Å². The van der Waals surface area contributed by atoms with Crippen molar-refractivity contribution in [2.45, 2.75) is 46.0 Å². The monoisotopic (exact) mass is 427 g/mol. The van der Waals surface area contributed by atoms with Crippen molar-refractivity contribution >= 4 is 40.6 Å². The highest BCUT2D eigenvalue weighted by atomic mass is 35.5.